The van der Waals surface area contributed by atoms with Crippen LogP contribution in [0, 0.1) is 0 Å². The number of para-hydroxylation sites is 1. The Labute approximate surface area is 202 Å². The maximum atomic E-state index is 13.6. The molecule has 0 fully saturated rings. The van der Waals surface area contributed by atoms with Gasteiger partial charge in [-0.2, -0.15) is 0 Å². The second-order valence-corrected chi connectivity index (χ2v) is 8.28. The Morgan fingerprint density at radius 1 is 0.857 bits per heavy atom. The van der Waals surface area contributed by atoms with E-state index in [2.05, 4.69) is 0 Å². The van der Waals surface area contributed by atoms with Crippen LogP contribution in [0.5, 0.6) is 17.2 Å². The summed E-state index contributed by atoms with van der Waals surface area (Å²) in [5.41, 5.74) is 2.32. The Morgan fingerprint density at radius 2 is 1.60 bits per heavy atom. The minimum absolute atomic E-state index is 0.0863. The fourth-order valence-corrected chi connectivity index (χ4v) is 4.61. The van der Waals surface area contributed by atoms with Gasteiger partial charge in [-0.15, -0.1) is 0 Å². The molecule has 2 heterocycles. The van der Waals surface area contributed by atoms with Crippen LogP contribution in [-0.2, 0) is 6.42 Å². The van der Waals surface area contributed by atoms with E-state index < -0.39 is 6.04 Å². The molecule has 0 unspecified atom stereocenters. The van der Waals surface area contributed by atoms with E-state index in [1.54, 1.807) is 62.6 Å². The molecule has 0 aliphatic carbocycles. The predicted molar refractivity (Wildman–Crippen MR) is 132 cm³/mol. The van der Waals surface area contributed by atoms with Gasteiger partial charge >= 0.3 is 0 Å². The number of carbonyl (C=O) groups is 1. The lowest BCUT2D eigenvalue weighted by molar-refractivity contribution is 0.0730. The van der Waals surface area contributed by atoms with Crippen molar-refractivity contribution in [2.45, 2.75) is 12.5 Å². The summed E-state index contributed by atoms with van der Waals surface area (Å²) in [6, 6.07) is 19.5. The van der Waals surface area contributed by atoms with Crippen molar-refractivity contribution in [3.63, 3.8) is 0 Å². The van der Waals surface area contributed by atoms with Crippen LogP contribution in [0.15, 0.2) is 75.9 Å². The number of fused-ring (bicyclic) bond motifs is 2. The largest absolute Gasteiger partial charge is 0.497 e. The van der Waals surface area contributed by atoms with Crippen LogP contribution in [0.4, 0.5) is 0 Å². The quantitative estimate of drug-likeness (QED) is 0.392. The van der Waals surface area contributed by atoms with Crippen LogP contribution in [0.1, 0.15) is 33.3 Å². The molecule has 4 aromatic rings. The summed E-state index contributed by atoms with van der Waals surface area (Å²) in [5.74, 6) is 1.63. The van der Waals surface area contributed by atoms with Gasteiger partial charge in [-0.3, -0.25) is 9.59 Å². The molecule has 7 heteroatoms. The molecule has 1 aliphatic rings. The summed E-state index contributed by atoms with van der Waals surface area (Å²) in [7, 11) is 4.74. The van der Waals surface area contributed by atoms with E-state index in [1.807, 2.05) is 30.3 Å². The molecule has 35 heavy (non-hydrogen) atoms. The molecule has 0 bridgehead atoms. The van der Waals surface area contributed by atoms with Crippen LogP contribution in [0.25, 0.3) is 11.0 Å². The monoisotopic (exact) mass is 471 g/mol. The average molecular weight is 472 g/mol. The van der Waals surface area contributed by atoms with Gasteiger partial charge in [0.05, 0.1) is 38.3 Å². The number of amides is 1. The van der Waals surface area contributed by atoms with E-state index in [0.717, 1.165) is 16.9 Å². The van der Waals surface area contributed by atoms with Gasteiger partial charge < -0.3 is 23.5 Å². The molecule has 0 N–H and O–H groups in total. The standard InChI is InChI=1S/C28H25NO6/c1-32-19-11-8-17(9-12-19)14-15-29-25(18-10-13-22(33-2)23(16-18)34-3)24-26(30)20-6-4-5-7-21(20)35-27(24)28(29)31/h4-13,16,25H,14-15H2,1-3H3/t25-/m1/s1. The van der Waals surface area contributed by atoms with Crippen molar-refractivity contribution in [2.75, 3.05) is 27.9 Å². The Bertz CT molecular complexity index is 1460. The molecule has 7 nitrogen and oxygen atoms in total. The molecule has 1 aromatic heterocycles. The predicted octanol–water partition coefficient (Wildman–Crippen LogP) is 4.61. The molecule has 0 saturated carbocycles. The van der Waals surface area contributed by atoms with Crippen LogP contribution in [0.2, 0.25) is 0 Å². The van der Waals surface area contributed by atoms with E-state index >= 15 is 0 Å². The number of carbonyl (C=O) groups excluding carboxylic acids is 1. The third kappa shape index (κ3) is 3.89. The lowest BCUT2D eigenvalue weighted by atomic mass is 9.97. The van der Waals surface area contributed by atoms with Gasteiger partial charge in [-0.05, 0) is 53.9 Å². The average Bonchev–Trinajstić information content (AvgIpc) is 3.18. The molecule has 1 atom stereocenters. The Hall–Kier alpha value is -4.26. The summed E-state index contributed by atoms with van der Waals surface area (Å²) >= 11 is 0. The second kappa shape index (κ2) is 9.18. The van der Waals surface area contributed by atoms with E-state index in [-0.39, 0.29) is 17.1 Å². The van der Waals surface area contributed by atoms with Crippen molar-refractivity contribution < 1.29 is 23.4 Å². The summed E-state index contributed by atoms with van der Waals surface area (Å²) in [4.78, 5) is 28.9. The summed E-state index contributed by atoms with van der Waals surface area (Å²) in [5, 5.41) is 0.446. The molecule has 0 spiro atoms. The molecule has 178 valence electrons. The van der Waals surface area contributed by atoms with Crippen molar-refractivity contribution in [3.05, 3.63) is 99.4 Å². The lowest BCUT2D eigenvalue weighted by Crippen LogP contribution is -2.31. The van der Waals surface area contributed by atoms with E-state index in [9.17, 15) is 9.59 Å². The number of hydrogen-bond acceptors (Lipinski definition) is 6. The highest BCUT2D eigenvalue weighted by molar-refractivity contribution is 5.99. The van der Waals surface area contributed by atoms with Gasteiger partial charge in [0.15, 0.2) is 16.9 Å². The minimum Gasteiger partial charge on any atom is -0.497 e. The number of methoxy groups -OCH3 is 3. The molecule has 1 amide bonds. The Balaban J connectivity index is 1.61. The summed E-state index contributed by atoms with van der Waals surface area (Å²) < 4.78 is 22.1. The van der Waals surface area contributed by atoms with Crippen molar-refractivity contribution in [2.24, 2.45) is 0 Å². The van der Waals surface area contributed by atoms with Gasteiger partial charge in [-0.1, -0.05) is 30.3 Å². The van der Waals surface area contributed by atoms with Gasteiger partial charge in [-0.25, -0.2) is 0 Å². The molecule has 0 radical (unpaired) electrons. The van der Waals surface area contributed by atoms with Crippen LogP contribution < -0.4 is 19.6 Å². The van der Waals surface area contributed by atoms with Crippen molar-refractivity contribution in [1.82, 2.24) is 4.90 Å². The lowest BCUT2D eigenvalue weighted by Gasteiger charge is -2.26. The van der Waals surface area contributed by atoms with Crippen molar-refractivity contribution in [1.29, 1.82) is 0 Å². The molecular formula is C28H25NO6. The normalized spacial score (nSPS) is 14.8. The first kappa shape index (κ1) is 22.5. The maximum absolute atomic E-state index is 13.6. The van der Waals surface area contributed by atoms with Crippen LogP contribution in [0.3, 0.4) is 0 Å². The third-order valence-corrected chi connectivity index (χ3v) is 6.40. The fraction of sp³-hybridized carbons (Fsp3) is 0.214. The highest BCUT2D eigenvalue weighted by atomic mass is 16.5. The number of ether oxygens (including phenoxy) is 3. The number of rotatable bonds is 7. The zero-order valence-electron chi connectivity index (χ0n) is 19.7. The molecular weight excluding hydrogens is 446 g/mol. The topological polar surface area (TPSA) is 78.2 Å². The van der Waals surface area contributed by atoms with Crippen molar-refractivity contribution in [3.8, 4) is 17.2 Å². The first-order valence-electron chi connectivity index (χ1n) is 11.3. The van der Waals surface area contributed by atoms with E-state index in [0.29, 0.717) is 41.0 Å². The SMILES string of the molecule is COc1ccc(CCN2C(=O)c3oc4ccccc4c(=O)c3[C@H]2c2ccc(OC)c(OC)c2)cc1. The summed E-state index contributed by atoms with van der Waals surface area (Å²) in [6.07, 6.45) is 0.598. The first-order chi connectivity index (χ1) is 17.0. The summed E-state index contributed by atoms with van der Waals surface area (Å²) in [6.45, 7) is 0.393. The number of hydrogen-bond donors (Lipinski definition) is 0. The van der Waals surface area contributed by atoms with Crippen molar-refractivity contribution >= 4 is 16.9 Å². The minimum atomic E-state index is -0.614. The second-order valence-electron chi connectivity index (χ2n) is 8.28. The zero-order valence-corrected chi connectivity index (χ0v) is 19.7. The smallest absolute Gasteiger partial charge is 0.290 e. The Kier molecular flexibility index (Phi) is 5.91. The molecule has 1 aliphatic heterocycles. The van der Waals surface area contributed by atoms with Gasteiger partial charge in [0.1, 0.15) is 11.3 Å². The van der Waals surface area contributed by atoms with Gasteiger partial charge in [0.2, 0.25) is 5.76 Å². The maximum Gasteiger partial charge on any atom is 0.290 e. The van der Waals surface area contributed by atoms with Gasteiger partial charge in [0.25, 0.3) is 5.91 Å². The van der Waals surface area contributed by atoms with Gasteiger partial charge in [0, 0.05) is 6.54 Å². The fourth-order valence-electron chi connectivity index (χ4n) is 4.61. The van der Waals surface area contributed by atoms with E-state index in [1.165, 1.54) is 0 Å². The highest BCUT2D eigenvalue weighted by Crippen LogP contribution is 2.41. The molecule has 3 aromatic carbocycles. The Morgan fingerprint density at radius 3 is 2.31 bits per heavy atom. The van der Waals surface area contributed by atoms with Crippen LogP contribution >= 0.6 is 0 Å². The van der Waals surface area contributed by atoms with E-state index in [4.69, 9.17) is 18.6 Å². The number of nitrogens with zero attached hydrogens (tertiary/aromatic N) is 1. The highest BCUT2D eigenvalue weighted by Gasteiger charge is 2.42. The number of benzene rings is 3. The third-order valence-electron chi connectivity index (χ3n) is 6.40. The molecule has 5 rings (SSSR count). The molecule has 0 saturated heterocycles. The van der Waals surface area contributed by atoms with Crippen LogP contribution in [-0.4, -0.2) is 38.7 Å². The zero-order chi connectivity index (χ0) is 24.5. The first-order valence-corrected chi connectivity index (χ1v) is 11.3.